The summed E-state index contributed by atoms with van der Waals surface area (Å²) in [5.74, 6) is 0.268. The van der Waals surface area contributed by atoms with Gasteiger partial charge in [0.1, 0.15) is 0 Å². The normalized spacial score (nSPS) is 17.6. The van der Waals surface area contributed by atoms with Gasteiger partial charge in [0.2, 0.25) is 0 Å². The minimum atomic E-state index is -0.275. The van der Waals surface area contributed by atoms with Gasteiger partial charge in [-0.05, 0) is 43.7 Å². The lowest BCUT2D eigenvalue weighted by Crippen LogP contribution is -2.41. The average molecular weight is 351 g/mol. The summed E-state index contributed by atoms with van der Waals surface area (Å²) in [6.07, 6.45) is 4.76. The maximum atomic E-state index is 13.1. The number of aromatic nitrogens is 4. The Hall–Kier alpha value is -2.96. The summed E-state index contributed by atoms with van der Waals surface area (Å²) >= 11 is 0. The molecule has 7 nitrogen and oxygen atoms in total. The van der Waals surface area contributed by atoms with E-state index in [4.69, 9.17) is 0 Å². The summed E-state index contributed by atoms with van der Waals surface area (Å²) in [7, 11) is 0. The molecule has 134 valence electrons. The predicted molar refractivity (Wildman–Crippen MR) is 98.0 cm³/mol. The van der Waals surface area contributed by atoms with Crippen LogP contribution in [0.25, 0.3) is 10.8 Å². The molecule has 0 unspecified atom stereocenters. The molecule has 2 N–H and O–H groups in total. The zero-order chi connectivity index (χ0) is 18.1. The number of nitrogens with zero attached hydrogens (tertiary/aromatic N) is 3. The SMILES string of the molecule is Cc1cn[nH]c1C[C@@H]1CCCN(C(=O)c2n[nH]c(=O)c3ccccc23)C1. The van der Waals surface area contributed by atoms with Crippen LogP contribution < -0.4 is 5.56 Å². The van der Waals surface area contributed by atoms with E-state index in [0.29, 0.717) is 35.5 Å². The second kappa shape index (κ2) is 6.74. The molecule has 2 aromatic heterocycles. The van der Waals surface area contributed by atoms with E-state index in [0.717, 1.165) is 30.5 Å². The smallest absolute Gasteiger partial charge is 0.274 e. The van der Waals surface area contributed by atoms with Crippen LogP contribution >= 0.6 is 0 Å². The van der Waals surface area contributed by atoms with Crippen molar-refractivity contribution in [2.75, 3.05) is 13.1 Å². The molecule has 3 heterocycles. The number of aryl methyl sites for hydroxylation is 1. The highest BCUT2D eigenvalue weighted by Gasteiger charge is 2.27. The zero-order valence-electron chi connectivity index (χ0n) is 14.7. The number of fused-ring (bicyclic) bond motifs is 1. The molecule has 0 spiro atoms. The first-order valence-electron chi connectivity index (χ1n) is 8.89. The molecule has 1 aromatic carbocycles. The first-order chi connectivity index (χ1) is 12.6. The van der Waals surface area contributed by atoms with E-state index in [9.17, 15) is 9.59 Å². The third kappa shape index (κ3) is 3.00. The van der Waals surface area contributed by atoms with Gasteiger partial charge in [0, 0.05) is 24.2 Å². The van der Waals surface area contributed by atoms with Gasteiger partial charge in [-0.2, -0.15) is 10.2 Å². The minimum Gasteiger partial charge on any atom is -0.337 e. The van der Waals surface area contributed by atoms with Gasteiger partial charge in [0.25, 0.3) is 11.5 Å². The number of H-pyrrole nitrogens is 2. The van der Waals surface area contributed by atoms with Crippen LogP contribution in [-0.4, -0.2) is 44.3 Å². The van der Waals surface area contributed by atoms with Gasteiger partial charge in [0.05, 0.1) is 11.6 Å². The number of nitrogens with one attached hydrogen (secondary N) is 2. The van der Waals surface area contributed by atoms with Crippen molar-refractivity contribution in [2.24, 2.45) is 5.92 Å². The Bertz CT molecular complexity index is 1010. The molecule has 0 aliphatic carbocycles. The van der Waals surface area contributed by atoms with Gasteiger partial charge >= 0.3 is 0 Å². The van der Waals surface area contributed by atoms with Crippen LogP contribution in [0.2, 0.25) is 0 Å². The Morgan fingerprint density at radius 1 is 1.27 bits per heavy atom. The highest BCUT2D eigenvalue weighted by molar-refractivity contribution is 6.04. The number of carbonyl (C=O) groups excluding carboxylic acids is 1. The van der Waals surface area contributed by atoms with E-state index in [-0.39, 0.29) is 11.5 Å². The fourth-order valence-corrected chi connectivity index (χ4v) is 3.71. The van der Waals surface area contributed by atoms with E-state index in [1.807, 2.05) is 24.1 Å². The van der Waals surface area contributed by atoms with E-state index < -0.39 is 0 Å². The summed E-state index contributed by atoms with van der Waals surface area (Å²) in [4.78, 5) is 26.9. The molecule has 4 rings (SSSR count). The molecule has 0 bridgehead atoms. The first-order valence-corrected chi connectivity index (χ1v) is 8.89. The highest BCUT2D eigenvalue weighted by atomic mass is 16.2. The van der Waals surface area contributed by atoms with Crippen molar-refractivity contribution in [1.29, 1.82) is 0 Å². The minimum absolute atomic E-state index is 0.122. The van der Waals surface area contributed by atoms with Gasteiger partial charge < -0.3 is 4.90 Å². The Balaban J connectivity index is 1.58. The van der Waals surface area contributed by atoms with E-state index in [1.165, 1.54) is 0 Å². The Morgan fingerprint density at radius 3 is 2.85 bits per heavy atom. The number of amides is 1. The van der Waals surface area contributed by atoms with Crippen molar-refractivity contribution in [3.63, 3.8) is 0 Å². The van der Waals surface area contributed by atoms with Crippen LogP contribution in [0.4, 0.5) is 0 Å². The maximum absolute atomic E-state index is 13.1. The molecule has 1 saturated heterocycles. The molecular formula is C19H21N5O2. The average Bonchev–Trinajstić information content (AvgIpc) is 3.07. The molecule has 1 atom stereocenters. The monoisotopic (exact) mass is 351 g/mol. The van der Waals surface area contributed by atoms with Crippen LogP contribution in [0.5, 0.6) is 0 Å². The first kappa shape index (κ1) is 16.5. The molecule has 1 fully saturated rings. The van der Waals surface area contributed by atoms with Gasteiger partial charge in [0.15, 0.2) is 5.69 Å². The largest absolute Gasteiger partial charge is 0.337 e. The molecule has 7 heteroatoms. The lowest BCUT2D eigenvalue weighted by atomic mass is 9.92. The molecule has 3 aromatic rings. The summed E-state index contributed by atoms with van der Waals surface area (Å²) in [6.45, 7) is 3.44. The topological polar surface area (TPSA) is 94.7 Å². The number of aromatic amines is 2. The van der Waals surface area contributed by atoms with Crippen molar-refractivity contribution in [3.8, 4) is 0 Å². The predicted octanol–water partition coefficient (Wildman–Crippen LogP) is 2.05. The zero-order valence-corrected chi connectivity index (χ0v) is 14.7. The van der Waals surface area contributed by atoms with Crippen LogP contribution in [0.15, 0.2) is 35.3 Å². The Labute approximate surface area is 150 Å². The molecule has 0 radical (unpaired) electrons. The molecule has 1 amide bonds. The molecule has 1 aliphatic heterocycles. The highest BCUT2D eigenvalue weighted by Crippen LogP contribution is 2.23. The second-order valence-corrected chi connectivity index (χ2v) is 6.94. The summed E-state index contributed by atoms with van der Waals surface area (Å²) in [6, 6.07) is 7.10. The van der Waals surface area contributed by atoms with Crippen LogP contribution in [0.1, 0.15) is 34.6 Å². The third-order valence-corrected chi connectivity index (χ3v) is 5.13. The second-order valence-electron chi connectivity index (χ2n) is 6.94. The number of rotatable bonds is 3. The quantitative estimate of drug-likeness (QED) is 0.755. The van der Waals surface area contributed by atoms with Gasteiger partial charge in [-0.25, -0.2) is 5.10 Å². The molecule has 1 aliphatic rings. The molecule has 0 saturated carbocycles. The maximum Gasteiger partial charge on any atom is 0.274 e. The molecule has 26 heavy (non-hydrogen) atoms. The lowest BCUT2D eigenvalue weighted by molar-refractivity contribution is 0.0668. The number of carbonyl (C=O) groups is 1. The third-order valence-electron chi connectivity index (χ3n) is 5.13. The number of benzene rings is 1. The Kier molecular flexibility index (Phi) is 4.28. The van der Waals surface area contributed by atoms with E-state index in [2.05, 4.69) is 20.4 Å². The number of hydrogen-bond donors (Lipinski definition) is 2. The summed E-state index contributed by atoms with van der Waals surface area (Å²) < 4.78 is 0. The number of likely N-dealkylation sites (tertiary alicyclic amines) is 1. The van der Waals surface area contributed by atoms with E-state index in [1.54, 1.807) is 18.2 Å². The fourth-order valence-electron chi connectivity index (χ4n) is 3.71. The van der Waals surface area contributed by atoms with E-state index >= 15 is 0 Å². The van der Waals surface area contributed by atoms with Gasteiger partial charge in [-0.1, -0.05) is 18.2 Å². The van der Waals surface area contributed by atoms with Crippen LogP contribution in [0.3, 0.4) is 0 Å². The van der Waals surface area contributed by atoms with Crippen molar-refractivity contribution in [3.05, 3.63) is 57.8 Å². The molecular weight excluding hydrogens is 330 g/mol. The van der Waals surface area contributed by atoms with Gasteiger partial charge in [-0.15, -0.1) is 0 Å². The van der Waals surface area contributed by atoms with Crippen molar-refractivity contribution in [1.82, 2.24) is 25.3 Å². The van der Waals surface area contributed by atoms with Crippen molar-refractivity contribution in [2.45, 2.75) is 26.2 Å². The Morgan fingerprint density at radius 2 is 2.08 bits per heavy atom. The van der Waals surface area contributed by atoms with Crippen LogP contribution in [0, 0.1) is 12.8 Å². The lowest BCUT2D eigenvalue weighted by Gasteiger charge is -2.32. The number of hydrogen-bond acceptors (Lipinski definition) is 4. The standard InChI is InChI=1S/C19H21N5O2/c1-12-10-20-21-16(12)9-13-5-4-8-24(11-13)19(26)17-14-6-2-3-7-15(14)18(25)23-22-17/h2-3,6-7,10,13H,4-5,8-9,11H2,1H3,(H,20,21)(H,23,25)/t13-/m0/s1. The fraction of sp³-hybridized carbons (Fsp3) is 0.368. The van der Waals surface area contributed by atoms with Crippen LogP contribution in [-0.2, 0) is 6.42 Å². The van der Waals surface area contributed by atoms with Crippen molar-refractivity contribution < 1.29 is 4.79 Å². The summed E-state index contributed by atoms with van der Waals surface area (Å²) in [5.41, 5.74) is 2.33. The van der Waals surface area contributed by atoms with Gasteiger partial charge in [-0.3, -0.25) is 14.7 Å². The van der Waals surface area contributed by atoms with Crippen molar-refractivity contribution >= 4 is 16.7 Å². The summed E-state index contributed by atoms with van der Waals surface area (Å²) in [5, 5.41) is 14.7. The number of piperidine rings is 1.